The molecule has 2 aromatic carbocycles. The Morgan fingerprint density at radius 3 is 2.61 bits per heavy atom. The lowest BCUT2D eigenvalue weighted by atomic mass is 10.2. The Morgan fingerprint density at radius 2 is 1.94 bits per heavy atom. The van der Waals surface area contributed by atoms with Gasteiger partial charge in [-0.05, 0) is 30.3 Å². The van der Waals surface area contributed by atoms with E-state index < -0.39 is 0 Å². The number of aromatic hydroxyl groups is 1. The lowest BCUT2D eigenvalue weighted by Crippen LogP contribution is -1.86. The quantitative estimate of drug-likeness (QED) is 0.915. The molecule has 2 aromatic rings. The Labute approximate surface area is 110 Å². The molecule has 0 aliphatic carbocycles. The molecule has 0 saturated carbocycles. The Balaban J connectivity index is 2.39. The molecule has 0 aromatic heterocycles. The number of ether oxygens (including phenoxy) is 1. The Kier molecular flexibility index (Phi) is 3.75. The van der Waals surface area contributed by atoms with Crippen molar-refractivity contribution in [3.63, 3.8) is 0 Å². The first-order valence-corrected chi connectivity index (χ1v) is 6.10. The highest BCUT2D eigenvalue weighted by atomic mass is 32.2. The van der Waals surface area contributed by atoms with Crippen LogP contribution in [0, 0.1) is 11.3 Å². The van der Waals surface area contributed by atoms with Crippen molar-refractivity contribution >= 4 is 11.8 Å². The molecule has 18 heavy (non-hydrogen) atoms. The molecule has 0 unspecified atom stereocenters. The van der Waals surface area contributed by atoms with Gasteiger partial charge in [-0.2, -0.15) is 5.26 Å². The van der Waals surface area contributed by atoms with Crippen LogP contribution in [0.2, 0.25) is 0 Å². The minimum atomic E-state index is 0.203. The zero-order chi connectivity index (χ0) is 13.0. The summed E-state index contributed by atoms with van der Waals surface area (Å²) < 4.78 is 5.14. The van der Waals surface area contributed by atoms with Crippen LogP contribution in [0.4, 0.5) is 0 Å². The third-order valence-corrected chi connectivity index (χ3v) is 3.52. The zero-order valence-corrected chi connectivity index (χ0v) is 10.6. The molecule has 1 N–H and O–H groups in total. The molecule has 0 saturated heterocycles. The summed E-state index contributed by atoms with van der Waals surface area (Å²) in [6.45, 7) is 0. The minimum Gasteiger partial charge on any atom is -0.507 e. The monoisotopic (exact) mass is 257 g/mol. The van der Waals surface area contributed by atoms with Crippen LogP contribution in [0.15, 0.2) is 52.3 Å². The van der Waals surface area contributed by atoms with E-state index in [0.717, 1.165) is 4.90 Å². The maximum absolute atomic E-state index is 9.73. The number of benzene rings is 2. The molecule has 0 aliphatic heterocycles. The highest BCUT2D eigenvalue weighted by Crippen LogP contribution is 2.37. The molecule has 90 valence electrons. The summed E-state index contributed by atoms with van der Waals surface area (Å²) in [4.78, 5) is 1.47. The highest BCUT2D eigenvalue weighted by molar-refractivity contribution is 7.99. The SMILES string of the molecule is COc1ccc(C#N)c(Sc2ccccc2O)c1. The van der Waals surface area contributed by atoms with Gasteiger partial charge in [0.15, 0.2) is 0 Å². The first-order valence-electron chi connectivity index (χ1n) is 5.28. The molecule has 0 spiro atoms. The van der Waals surface area contributed by atoms with Crippen molar-refractivity contribution in [3.05, 3.63) is 48.0 Å². The van der Waals surface area contributed by atoms with E-state index in [1.165, 1.54) is 11.8 Å². The molecular formula is C14H11NO2S. The van der Waals surface area contributed by atoms with Crippen LogP contribution in [0.5, 0.6) is 11.5 Å². The number of phenols is 1. The molecule has 0 bridgehead atoms. The van der Waals surface area contributed by atoms with Gasteiger partial charge >= 0.3 is 0 Å². The standard InChI is InChI=1S/C14H11NO2S/c1-17-11-7-6-10(9-15)14(8-11)18-13-5-3-2-4-12(13)16/h2-8,16H,1H3. The van der Waals surface area contributed by atoms with Gasteiger partial charge in [0.2, 0.25) is 0 Å². The van der Waals surface area contributed by atoms with Gasteiger partial charge in [0.1, 0.15) is 17.6 Å². The van der Waals surface area contributed by atoms with Crippen molar-refractivity contribution < 1.29 is 9.84 Å². The number of para-hydroxylation sites is 1. The summed E-state index contributed by atoms with van der Waals surface area (Å²) in [5.41, 5.74) is 0.559. The van der Waals surface area contributed by atoms with Crippen LogP contribution in [0.25, 0.3) is 0 Å². The lowest BCUT2D eigenvalue weighted by molar-refractivity contribution is 0.413. The van der Waals surface area contributed by atoms with Gasteiger partial charge in [0, 0.05) is 4.90 Å². The zero-order valence-electron chi connectivity index (χ0n) is 9.75. The second-order valence-electron chi connectivity index (χ2n) is 3.54. The summed E-state index contributed by atoms with van der Waals surface area (Å²) in [6.07, 6.45) is 0. The molecule has 0 fully saturated rings. The average Bonchev–Trinajstić information content (AvgIpc) is 2.41. The number of phenolic OH excluding ortho intramolecular Hbond substituents is 1. The van der Waals surface area contributed by atoms with E-state index in [1.54, 1.807) is 43.5 Å². The molecule has 0 atom stereocenters. The number of hydrogen-bond acceptors (Lipinski definition) is 4. The van der Waals surface area contributed by atoms with Gasteiger partial charge in [0.25, 0.3) is 0 Å². The van der Waals surface area contributed by atoms with Crippen LogP contribution in [-0.2, 0) is 0 Å². The highest BCUT2D eigenvalue weighted by Gasteiger charge is 2.08. The van der Waals surface area contributed by atoms with E-state index in [1.807, 2.05) is 6.07 Å². The van der Waals surface area contributed by atoms with Crippen molar-refractivity contribution in [2.75, 3.05) is 7.11 Å². The van der Waals surface area contributed by atoms with Gasteiger partial charge in [-0.25, -0.2) is 0 Å². The van der Waals surface area contributed by atoms with Crippen LogP contribution in [0.1, 0.15) is 5.56 Å². The fraction of sp³-hybridized carbons (Fsp3) is 0.0714. The Hall–Kier alpha value is -2.12. The van der Waals surface area contributed by atoms with E-state index in [4.69, 9.17) is 10.00 Å². The van der Waals surface area contributed by atoms with Crippen molar-refractivity contribution in [1.82, 2.24) is 0 Å². The maximum Gasteiger partial charge on any atom is 0.129 e. The first-order chi connectivity index (χ1) is 8.74. The molecule has 4 heteroatoms. The molecule has 3 nitrogen and oxygen atoms in total. The van der Waals surface area contributed by atoms with E-state index >= 15 is 0 Å². The second kappa shape index (κ2) is 5.48. The molecular weight excluding hydrogens is 246 g/mol. The number of nitrogens with zero attached hydrogens (tertiary/aromatic N) is 1. The smallest absolute Gasteiger partial charge is 0.129 e. The Morgan fingerprint density at radius 1 is 1.17 bits per heavy atom. The number of rotatable bonds is 3. The summed E-state index contributed by atoms with van der Waals surface area (Å²) in [5.74, 6) is 0.890. The lowest BCUT2D eigenvalue weighted by Gasteiger charge is -2.07. The third-order valence-electron chi connectivity index (χ3n) is 2.39. The van der Waals surface area contributed by atoms with Crippen molar-refractivity contribution in [3.8, 4) is 17.6 Å². The fourth-order valence-corrected chi connectivity index (χ4v) is 2.42. The minimum absolute atomic E-state index is 0.203. The molecule has 0 amide bonds. The van der Waals surface area contributed by atoms with Crippen molar-refractivity contribution in [2.24, 2.45) is 0 Å². The van der Waals surface area contributed by atoms with Crippen molar-refractivity contribution in [1.29, 1.82) is 5.26 Å². The molecule has 2 rings (SSSR count). The summed E-state index contributed by atoms with van der Waals surface area (Å²) in [6, 6.07) is 14.4. The van der Waals surface area contributed by atoms with Gasteiger partial charge in [-0.1, -0.05) is 23.9 Å². The summed E-state index contributed by atoms with van der Waals surface area (Å²) in [7, 11) is 1.58. The van der Waals surface area contributed by atoms with Gasteiger partial charge < -0.3 is 9.84 Å². The van der Waals surface area contributed by atoms with Crippen LogP contribution < -0.4 is 4.74 Å². The molecule has 0 aliphatic rings. The predicted molar refractivity (Wildman–Crippen MR) is 69.9 cm³/mol. The largest absolute Gasteiger partial charge is 0.507 e. The van der Waals surface area contributed by atoms with Gasteiger partial charge in [-0.3, -0.25) is 0 Å². The van der Waals surface area contributed by atoms with Crippen LogP contribution in [-0.4, -0.2) is 12.2 Å². The van der Waals surface area contributed by atoms with Gasteiger partial charge in [0.05, 0.1) is 17.6 Å². The van der Waals surface area contributed by atoms with Gasteiger partial charge in [-0.15, -0.1) is 0 Å². The normalized spacial score (nSPS) is 9.78. The Bertz CT molecular complexity index is 605. The predicted octanol–water partition coefficient (Wildman–Crippen LogP) is 3.42. The first kappa shape index (κ1) is 12.3. The number of hydrogen-bond donors (Lipinski definition) is 1. The van der Waals surface area contributed by atoms with Crippen LogP contribution >= 0.6 is 11.8 Å². The van der Waals surface area contributed by atoms with E-state index in [0.29, 0.717) is 16.2 Å². The maximum atomic E-state index is 9.73. The summed E-state index contributed by atoms with van der Waals surface area (Å²) >= 11 is 1.34. The van der Waals surface area contributed by atoms with E-state index in [-0.39, 0.29) is 5.75 Å². The molecule has 0 heterocycles. The van der Waals surface area contributed by atoms with E-state index in [9.17, 15) is 5.11 Å². The van der Waals surface area contributed by atoms with E-state index in [2.05, 4.69) is 6.07 Å². The second-order valence-corrected chi connectivity index (χ2v) is 4.63. The average molecular weight is 257 g/mol. The van der Waals surface area contributed by atoms with Crippen LogP contribution in [0.3, 0.4) is 0 Å². The topological polar surface area (TPSA) is 53.2 Å². The molecule has 0 radical (unpaired) electrons. The third kappa shape index (κ3) is 2.58. The number of nitriles is 1. The number of methoxy groups -OCH3 is 1. The van der Waals surface area contributed by atoms with Crippen molar-refractivity contribution in [2.45, 2.75) is 9.79 Å². The fourth-order valence-electron chi connectivity index (χ4n) is 1.47. The summed E-state index contributed by atoms with van der Waals surface area (Å²) in [5, 5.41) is 18.8.